The molecule has 3 rings (SSSR count). The molecule has 1 saturated heterocycles. The van der Waals surface area contributed by atoms with Gasteiger partial charge in [-0.1, -0.05) is 24.3 Å². The van der Waals surface area contributed by atoms with Crippen LogP contribution in [-0.2, 0) is 13.5 Å². The van der Waals surface area contributed by atoms with Crippen LogP contribution < -0.4 is 5.32 Å². The summed E-state index contributed by atoms with van der Waals surface area (Å²) in [7, 11) is 2.03. The van der Waals surface area contributed by atoms with Crippen LogP contribution in [-0.4, -0.2) is 22.1 Å². The molecule has 0 spiro atoms. The Morgan fingerprint density at radius 3 is 2.78 bits per heavy atom. The van der Waals surface area contributed by atoms with Crippen molar-refractivity contribution in [3.8, 4) is 11.4 Å². The van der Waals surface area contributed by atoms with E-state index in [4.69, 9.17) is 0 Å². The average molecular weight is 241 g/mol. The summed E-state index contributed by atoms with van der Waals surface area (Å²) in [6, 6.07) is 9.47. The smallest absolute Gasteiger partial charge is 0.139 e. The van der Waals surface area contributed by atoms with Gasteiger partial charge in [-0.05, 0) is 31.4 Å². The zero-order chi connectivity index (χ0) is 12.4. The Morgan fingerprint density at radius 2 is 2.17 bits per heavy atom. The summed E-state index contributed by atoms with van der Waals surface area (Å²) in [5.41, 5.74) is 2.60. The SMILES string of the molecule is Cn1ccnc1-c1ccc(CC2CCCN2)cc1. The number of aryl methyl sites for hydroxylation is 1. The second-order valence-corrected chi connectivity index (χ2v) is 5.06. The molecule has 2 aromatic rings. The minimum atomic E-state index is 0.670. The summed E-state index contributed by atoms with van der Waals surface area (Å²) in [4.78, 5) is 4.37. The second-order valence-electron chi connectivity index (χ2n) is 5.06. The third kappa shape index (κ3) is 2.31. The van der Waals surface area contributed by atoms with Gasteiger partial charge >= 0.3 is 0 Å². The molecule has 0 amide bonds. The normalized spacial score (nSPS) is 19.3. The van der Waals surface area contributed by atoms with Gasteiger partial charge in [0.05, 0.1) is 0 Å². The Kier molecular flexibility index (Phi) is 3.15. The monoisotopic (exact) mass is 241 g/mol. The van der Waals surface area contributed by atoms with Crippen LogP contribution in [0, 0.1) is 0 Å². The van der Waals surface area contributed by atoms with Gasteiger partial charge in [0.25, 0.3) is 0 Å². The summed E-state index contributed by atoms with van der Waals surface area (Å²) in [6.45, 7) is 1.18. The van der Waals surface area contributed by atoms with Crippen molar-refractivity contribution >= 4 is 0 Å². The van der Waals surface area contributed by atoms with E-state index < -0.39 is 0 Å². The Hall–Kier alpha value is -1.61. The van der Waals surface area contributed by atoms with Crippen LogP contribution >= 0.6 is 0 Å². The van der Waals surface area contributed by atoms with Gasteiger partial charge in [-0.15, -0.1) is 0 Å². The first-order chi connectivity index (χ1) is 8.83. The first-order valence-corrected chi connectivity index (χ1v) is 6.63. The molecule has 2 heterocycles. The molecule has 1 aliphatic heterocycles. The fourth-order valence-electron chi connectivity index (χ4n) is 2.65. The molecule has 1 fully saturated rings. The maximum Gasteiger partial charge on any atom is 0.139 e. The van der Waals surface area contributed by atoms with E-state index in [0.717, 1.165) is 12.2 Å². The van der Waals surface area contributed by atoms with Crippen LogP contribution in [0.2, 0.25) is 0 Å². The van der Waals surface area contributed by atoms with Gasteiger partial charge < -0.3 is 9.88 Å². The summed E-state index contributed by atoms with van der Waals surface area (Å²) in [5.74, 6) is 1.03. The van der Waals surface area contributed by atoms with E-state index in [1.54, 1.807) is 0 Å². The van der Waals surface area contributed by atoms with Crippen molar-refractivity contribution in [2.45, 2.75) is 25.3 Å². The lowest BCUT2D eigenvalue weighted by atomic mass is 10.0. The van der Waals surface area contributed by atoms with Gasteiger partial charge in [0.1, 0.15) is 5.82 Å². The molecule has 1 atom stereocenters. The lowest BCUT2D eigenvalue weighted by Crippen LogP contribution is -2.23. The molecule has 1 aliphatic rings. The van der Waals surface area contributed by atoms with Crippen molar-refractivity contribution in [1.82, 2.24) is 14.9 Å². The predicted molar refractivity (Wildman–Crippen MR) is 73.4 cm³/mol. The minimum absolute atomic E-state index is 0.670. The highest BCUT2D eigenvalue weighted by molar-refractivity contribution is 5.55. The molecule has 0 saturated carbocycles. The fourth-order valence-corrected chi connectivity index (χ4v) is 2.65. The number of benzene rings is 1. The molecule has 0 bridgehead atoms. The van der Waals surface area contributed by atoms with E-state index in [0.29, 0.717) is 6.04 Å². The fraction of sp³-hybridized carbons (Fsp3) is 0.400. The molecule has 1 aromatic heterocycles. The molecule has 94 valence electrons. The number of aromatic nitrogens is 2. The van der Waals surface area contributed by atoms with E-state index in [1.807, 2.05) is 24.0 Å². The van der Waals surface area contributed by atoms with Gasteiger partial charge in [0.15, 0.2) is 0 Å². The molecule has 3 nitrogen and oxygen atoms in total. The van der Waals surface area contributed by atoms with Crippen LogP contribution in [0.4, 0.5) is 0 Å². The first-order valence-electron chi connectivity index (χ1n) is 6.63. The van der Waals surface area contributed by atoms with Gasteiger partial charge in [0.2, 0.25) is 0 Å². The average Bonchev–Trinajstić information content (AvgIpc) is 3.02. The van der Waals surface area contributed by atoms with Crippen molar-refractivity contribution in [2.75, 3.05) is 6.54 Å². The summed E-state index contributed by atoms with van der Waals surface area (Å²) in [6.07, 6.45) is 7.58. The van der Waals surface area contributed by atoms with Crippen LogP contribution in [0.25, 0.3) is 11.4 Å². The molecule has 1 N–H and O–H groups in total. The second kappa shape index (κ2) is 4.94. The quantitative estimate of drug-likeness (QED) is 0.894. The maximum atomic E-state index is 4.37. The number of nitrogens with one attached hydrogen (secondary N) is 1. The van der Waals surface area contributed by atoms with E-state index in [2.05, 4.69) is 34.6 Å². The number of hydrogen-bond acceptors (Lipinski definition) is 2. The van der Waals surface area contributed by atoms with Crippen molar-refractivity contribution in [1.29, 1.82) is 0 Å². The molecule has 18 heavy (non-hydrogen) atoms. The predicted octanol–water partition coefficient (Wildman–Crippen LogP) is 2.38. The third-order valence-electron chi connectivity index (χ3n) is 3.68. The highest BCUT2D eigenvalue weighted by atomic mass is 15.0. The largest absolute Gasteiger partial charge is 0.334 e. The summed E-state index contributed by atoms with van der Waals surface area (Å²) in [5, 5.41) is 3.54. The Morgan fingerprint density at radius 1 is 1.33 bits per heavy atom. The zero-order valence-electron chi connectivity index (χ0n) is 10.8. The van der Waals surface area contributed by atoms with Crippen molar-refractivity contribution in [3.63, 3.8) is 0 Å². The van der Waals surface area contributed by atoms with Crippen LogP contribution in [0.15, 0.2) is 36.7 Å². The van der Waals surface area contributed by atoms with Crippen LogP contribution in [0.3, 0.4) is 0 Å². The van der Waals surface area contributed by atoms with E-state index >= 15 is 0 Å². The van der Waals surface area contributed by atoms with Crippen molar-refractivity contribution < 1.29 is 0 Å². The Bertz CT molecular complexity index is 507. The van der Waals surface area contributed by atoms with E-state index in [-0.39, 0.29) is 0 Å². The van der Waals surface area contributed by atoms with Gasteiger partial charge in [-0.3, -0.25) is 0 Å². The van der Waals surface area contributed by atoms with E-state index in [9.17, 15) is 0 Å². The van der Waals surface area contributed by atoms with Gasteiger partial charge in [-0.2, -0.15) is 0 Å². The first kappa shape index (κ1) is 11.5. The van der Waals surface area contributed by atoms with Crippen LogP contribution in [0.1, 0.15) is 18.4 Å². The molecular formula is C15H19N3. The summed E-state index contributed by atoms with van der Waals surface area (Å²) < 4.78 is 2.05. The molecule has 0 radical (unpaired) electrons. The Balaban J connectivity index is 1.74. The lowest BCUT2D eigenvalue weighted by molar-refractivity contribution is 0.603. The minimum Gasteiger partial charge on any atom is -0.334 e. The number of rotatable bonds is 3. The van der Waals surface area contributed by atoms with Crippen molar-refractivity contribution in [3.05, 3.63) is 42.2 Å². The molecule has 0 aliphatic carbocycles. The van der Waals surface area contributed by atoms with Crippen LogP contribution in [0.5, 0.6) is 0 Å². The topological polar surface area (TPSA) is 29.9 Å². The molecular weight excluding hydrogens is 222 g/mol. The zero-order valence-corrected chi connectivity index (χ0v) is 10.8. The number of hydrogen-bond donors (Lipinski definition) is 1. The summed E-state index contributed by atoms with van der Waals surface area (Å²) >= 11 is 0. The van der Waals surface area contributed by atoms with E-state index in [1.165, 1.54) is 30.5 Å². The molecule has 3 heteroatoms. The maximum absolute atomic E-state index is 4.37. The highest BCUT2D eigenvalue weighted by Crippen LogP contribution is 2.19. The van der Waals surface area contributed by atoms with Gasteiger partial charge in [-0.25, -0.2) is 4.98 Å². The highest BCUT2D eigenvalue weighted by Gasteiger charge is 2.14. The number of nitrogens with zero attached hydrogens (tertiary/aromatic N) is 2. The van der Waals surface area contributed by atoms with Gasteiger partial charge in [0, 0.05) is 31.0 Å². The standard InChI is InChI=1S/C15H19N3/c1-18-10-9-17-15(18)13-6-4-12(5-7-13)11-14-3-2-8-16-14/h4-7,9-10,14,16H,2-3,8,11H2,1H3. The van der Waals surface area contributed by atoms with Crippen molar-refractivity contribution in [2.24, 2.45) is 7.05 Å². The Labute approximate surface area is 108 Å². The lowest BCUT2D eigenvalue weighted by Gasteiger charge is -2.10. The third-order valence-corrected chi connectivity index (χ3v) is 3.68. The molecule has 1 aromatic carbocycles. The molecule has 1 unspecified atom stereocenters. The number of imidazole rings is 1.